The van der Waals surface area contributed by atoms with Gasteiger partial charge in [-0.1, -0.05) is 31.3 Å². The lowest BCUT2D eigenvalue weighted by Gasteiger charge is -2.18. The number of benzene rings is 1. The summed E-state index contributed by atoms with van der Waals surface area (Å²) in [5, 5.41) is 8.78. The van der Waals surface area contributed by atoms with Gasteiger partial charge in [-0.2, -0.15) is 0 Å². The summed E-state index contributed by atoms with van der Waals surface area (Å²) in [6.07, 6.45) is 2.70. The number of aliphatic hydroxyl groups is 1. The zero-order valence-electron chi connectivity index (χ0n) is 12.9. The van der Waals surface area contributed by atoms with Crippen LogP contribution in [0.15, 0.2) is 18.2 Å². The highest BCUT2D eigenvalue weighted by Gasteiger charge is 2.26. The summed E-state index contributed by atoms with van der Waals surface area (Å²) in [5.74, 6) is 6.72. The molecule has 1 amide bonds. The molecule has 1 atom stereocenters. The van der Waals surface area contributed by atoms with Gasteiger partial charge in [0.05, 0.1) is 6.61 Å². The number of carbonyl (C=O) groups is 1. The molecule has 0 radical (unpaired) electrons. The van der Waals surface area contributed by atoms with E-state index in [0.717, 1.165) is 42.6 Å². The third-order valence-electron chi connectivity index (χ3n) is 4.17. The van der Waals surface area contributed by atoms with Gasteiger partial charge in [-0.15, -0.1) is 0 Å². The van der Waals surface area contributed by atoms with E-state index in [0.29, 0.717) is 12.3 Å². The Morgan fingerprint density at radius 1 is 1.48 bits per heavy atom. The van der Waals surface area contributed by atoms with Crippen molar-refractivity contribution >= 4 is 5.91 Å². The lowest BCUT2D eigenvalue weighted by Crippen LogP contribution is -2.29. The molecule has 21 heavy (non-hydrogen) atoms. The predicted molar refractivity (Wildman–Crippen MR) is 84.1 cm³/mol. The number of amides is 1. The van der Waals surface area contributed by atoms with Crippen molar-refractivity contribution in [3.63, 3.8) is 0 Å². The van der Waals surface area contributed by atoms with Crippen LogP contribution in [0.3, 0.4) is 0 Å². The van der Waals surface area contributed by atoms with Gasteiger partial charge in [0.15, 0.2) is 0 Å². The Morgan fingerprint density at radius 3 is 2.95 bits per heavy atom. The molecule has 1 aromatic rings. The lowest BCUT2D eigenvalue weighted by atomic mass is 10.0. The molecule has 1 N–H and O–H groups in total. The van der Waals surface area contributed by atoms with Crippen LogP contribution in [0.4, 0.5) is 0 Å². The molecule has 1 aliphatic rings. The molecule has 1 saturated heterocycles. The van der Waals surface area contributed by atoms with Gasteiger partial charge in [0.25, 0.3) is 5.91 Å². The Morgan fingerprint density at radius 2 is 2.29 bits per heavy atom. The van der Waals surface area contributed by atoms with Crippen LogP contribution in [0.1, 0.15) is 47.7 Å². The van der Waals surface area contributed by atoms with E-state index in [4.69, 9.17) is 5.11 Å². The maximum Gasteiger partial charge on any atom is 0.254 e. The fraction of sp³-hybridized carbons (Fsp3) is 0.500. The lowest BCUT2D eigenvalue weighted by molar-refractivity contribution is 0.0786. The second kappa shape index (κ2) is 7.28. The largest absolute Gasteiger partial charge is 0.395 e. The van der Waals surface area contributed by atoms with Gasteiger partial charge in [0.2, 0.25) is 0 Å². The summed E-state index contributed by atoms with van der Waals surface area (Å²) in [5.41, 5.74) is 2.57. The topological polar surface area (TPSA) is 40.5 Å². The van der Waals surface area contributed by atoms with E-state index in [1.54, 1.807) is 0 Å². The van der Waals surface area contributed by atoms with Gasteiger partial charge in [-0.3, -0.25) is 4.79 Å². The van der Waals surface area contributed by atoms with Gasteiger partial charge < -0.3 is 10.0 Å². The Hall–Kier alpha value is -1.79. The summed E-state index contributed by atoms with van der Waals surface area (Å²) in [6, 6.07) is 5.69. The number of nitrogens with zero attached hydrogens (tertiary/aromatic N) is 1. The van der Waals surface area contributed by atoms with Crippen molar-refractivity contribution in [2.24, 2.45) is 5.92 Å². The molecular weight excluding hydrogens is 262 g/mol. The van der Waals surface area contributed by atoms with E-state index in [-0.39, 0.29) is 12.5 Å². The molecule has 2 rings (SSSR count). The molecule has 1 fully saturated rings. The van der Waals surface area contributed by atoms with Crippen molar-refractivity contribution in [1.82, 2.24) is 4.90 Å². The predicted octanol–water partition coefficient (Wildman–Crippen LogP) is 2.60. The smallest absolute Gasteiger partial charge is 0.254 e. The molecule has 1 unspecified atom stereocenters. The van der Waals surface area contributed by atoms with Crippen LogP contribution in [0.25, 0.3) is 0 Å². The van der Waals surface area contributed by atoms with Crippen molar-refractivity contribution < 1.29 is 9.90 Å². The number of rotatable bonds is 3. The number of hydrogen-bond acceptors (Lipinski definition) is 2. The van der Waals surface area contributed by atoms with Crippen molar-refractivity contribution in [2.45, 2.75) is 33.1 Å². The quantitative estimate of drug-likeness (QED) is 0.867. The Kier molecular flexibility index (Phi) is 5.41. The molecule has 0 spiro atoms. The highest BCUT2D eigenvalue weighted by Crippen LogP contribution is 2.23. The van der Waals surface area contributed by atoms with Gasteiger partial charge in [-0.05, 0) is 37.0 Å². The fourth-order valence-corrected chi connectivity index (χ4v) is 2.74. The van der Waals surface area contributed by atoms with Crippen LogP contribution in [-0.4, -0.2) is 35.6 Å². The van der Waals surface area contributed by atoms with Crippen molar-refractivity contribution in [3.05, 3.63) is 34.9 Å². The standard InChI is InChI=1S/C18H23NO2/c1-3-15-10-11-19(13-15)18(21)17-9-6-8-16(14(17)2)7-4-5-12-20/h6,8-9,15,20H,3,5,10-13H2,1-2H3. The van der Waals surface area contributed by atoms with E-state index in [1.165, 1.54) is 0 Å². The number of aliphatic hydroxyl groups excluding tert-OH is 1. The molecule has 1 aliphatic heterocycles. The van der Waals surface area contributed by atoms with Gasteiger partial charge in [-0.25, -0.2) is 0 Å². The van der Waals surface area contributed by atoms with Crippen LogP contribution >= 0.6 is 0 Å². The molecule has 1 heterocycles. The average molecular weight is 285 g/mol. The number of hydrogen-bond donors (Lipinski definition) is 1. The molecular formula is C18H23NO2. The van der Waals surface area contributed by atoms with Crippen molar-refractivity contribution in [1.29, 1.82) is 0 Å². The van der Waals surface area contributed by atoms with Gasteiger partial charge >= 0.3 is 0 Å². The second-order valence-electron chi connectivity index (χ2n) is 5.57. The molecule has 0 saturated carbocycles. The second-order valence-corrected chi connectivity index (χ2v) is 5.57. The van der Waals surface area contributed by atoms with Crippen molar-refractivity contribution in [3.8, 4) is 11.8 Å². The van der Waals surface area contributed by atoms with Crippen LogP contribution in [0, 0.1) is 24.7 Å². The molecule has 112 valence electrons. The first kappa shape index (κ1) is 15.6. The summed E-state index contributed by atoms with van der Waals surface area (Å²) in [4.78, 5) is 14.6. The SMILES string of the molecule is CCC1CCN(C(=O)c2cccc(C#CCCO)c2C)C1. The zero-order valence-corrected chi connectivity index (χ0v) is 12.9. The van der Waals surface area contributed by atoms with E-state index >= 15 is 0 Å². The van der Waals surface area contributed by atoms with Gasteiger partial charge in [0.1, 0.15) is 0 Å². The van der Waals surface area contributed by atoms with Crippen molar-refractivity contribution in [2.75, 3.05) is 19.7 Å². The molecule has 0 aromatic heterocycles. The van der Waals surface area contributed by atoms with E-state index in [1.807, 2.05) is 30.0 Å². The van der Waals surface area contributed by atoms with Crippen LogP contribution in [-0.2, 0) is 0 Å². The first-order valence-electron chi connectivity index (χ1n) is 7.66. The van der Waals surface area contributed by atoms with Gasteiger partial charge in [0, 0.05) is 30.6 Å². The van der Waals surface area contributed by atoms with Crippen LogP contribution < -0.4 is 0 Å². The third kappa shape index (κ3) is 3.65. The normalized spacial score (nSPS) is 17.5. The minimum Gasteiger partial charge on any atom is -0.395 e. The molecule has 3 heteroatoms. The minimum atomic E-state index is 0.0663. The molecule has 1 aromatic carbocycles. The first-order valence-corrected chi connectivity index (χ1v) is 7.66. The fourth-order valence-electron chi connectivity index (χ4n) is 2.74. The van der Waals surface area contributed by atoms with Crippen LogP contribution in [0.2, 0.25) is 0 Å². The summed E-state index contributed by atoms with van der Waals surface area (Å²) in [6.45, 7) is 5.92. The Labute approximate surface area is 127 Å². The first-order chi connectivity index (χ1) is 10.2. The highest BCUT2D eigenvalue weighted by molar-refractivity contribution is 5.96. The minimum absolute atomic E-state index is 0.0663. The highest BCUT2D eigenvalue weighted by atomic mass is 16.2. The maximum atomic E-state index is 12.6. The molecule has 3 nitrogen and oxygen atoms in total. The van der Waals surface area contributed by atoms with E-state index in [9.17, 15) is 4.79 Å². The summed E-state index contributed by atoms with van der Waals surface area (Å²) in [7, 11) is 0. The molecule has 0 bridgehead atoms. The third-order valence-corrected chi connectivity index (χ3v) is 4.17. The monoisotopic (exact) mass is 285 g/mol. The average Bonchev–Trinajstić information content (AvgIpc) is 2.97. The number of likely N-dealkylation sites (tertiary alicyclic amines) is 1. The molecule has 0 aliphatic carbocycles. The Bertz CT molecular complexity index is 568. The Balaban J connectivity index is 2.19. The van der Waals surface area contributed by atoms with E-state index < -0.39 is 0 Å². The van der Waals surface area contributed by atoms with Crippen LogP contribution in [0.5, 0.6) is 0 Å². The maximum absolute atomic E-state index is 12.6. The summed E-state index contributed by atoms with van der Waals surface area (Å²) >= 11 is 0. The zero-order chi connectivity index (χ0) is 15.2. The number of carbonyl (C=O) groups excluding carboxylic acids is 1. The summed E-state index contributed by atoms with van der Waals surface area (Å²) < 4.78 is 0. The van der Waals surface area contributed by atoms with E-state index in [2.05, 4.69) is 18.8 Å².